The Bertz CT molecular complexity index is 645. The van der Waals surface area contributed by atoms with Gasteiger partial charge < -0.3 is 10.2 Å². The van der Waals surface area contributed by atoms with E-state index in [-0.39, 0.29) is 17.0 Å². The van der Waals surface area contributed by atoms with Crippen LogP contribution >= 0.6 is 0 Å². The van der Waals surface area contributed by atoms with E-state index in [1.807, 2.05) is 6.92 Å². The summed E-state index contributed by atoms with van der Waals surface area (Å²) in [5, 5.41) is 2.82. The average Bonchev–Trinajstić information content (AvgIpc) is 2.84. The molecule has 1 aromatic carbocycles. The second-order valence-electron chi connectivity index (χ2n) is 6.75. The molecule has 0 aromatic heterocycles. The summed E-state index contributed by atoms with van der Waals surface area (Å²) in [5.41, 5.74) is 0.608. The summed E-state index contributed by atoms with van der Waals surface area (Å²) >= 11 is 0. The van der Waals surface area contributed by atoms with Gasteiger partial charge in [-0.2, -0.15) is 0 Å². The van der Waals surface area contributed by atoms with E-state index in [4.69, 9.17) is 0 Å². The third-order valence-electron chi connectivity index (χ3n) is 4.04. The van der Waals surface area contributed by atoms with E-state index in [0.29, 0.717) is 5.69 Å². The van der Waals surface area contributed by atoms with Crippen LogP contribution in [-0.2, 0) is 9.84 Å². The number of anilines is 1. The van der Waals surface area contributed by atoms with Crippen LogP contribution in [0.25, 0.3) is 0 Å². The fourth-order valence-electron chi connectivity index (χ4n) is 2.50. The predicted octanol–water partition coefficient (Wildman–Crippen LogP) is 3.28. The van der Waals surface area contributed by atoms with Crippen LogP contribution in [0.5, 0.6) is 0 Å². The average molecular weight is 324 g/mol. The van der Waals surface area contributed by atoms with Crippen molar-refractivity contribution in [3.05, 3.63) is 24.3 Å². The van der Waals surface area contributed by atoms with E-state index < -0.39 is 14.6 Å². The van der Waals surface area contributed by atoms with Crippen LogP contribution in [0.4, 0.5) is 10.5 Å². The minimum atomic E-state index is -3.37. The summed E-state index contributed by atoms with van der Waals surface area (Å²) < 4.78 is 23.8. The van der Waals surface area contributed by atoms with Crippen molar-refractivity contribution in [1.29, 1.82) is 0 Å². The largest absolute Gasteiger partial charge is 0.322 e. The van der Waals surface area contributed by atoms with Gasteiger partial charge in [-0.15, -0.1) is 0 Å². The van der Waals surface area contributed by atoms with Crippen LogP contribution in [0.15, 0.2) is 29.2 Å². The maximum absolute atomic E-state index is 12.3. The lowest BCUT2D eigenvalue weighted by atomic mass is 10.2. The van der Waals surface area contributed by atoms with Crippen molar-refractivity contribution in [3.63, 3.8) is 0 Å². The third kappa shape index (κ3) is 3.27. The molecule has 0 spiro atoms. The number of urea groups is 1. The van der Waals surface area contributed by atoms with Crippen molar-refractivity contribution in [2.75, 3.05) is 11.9 Å². The lowest BCUT2D eigenvalue weighted by molar-refractivity contribution is 0.210. The minimum Gasteiger partial charge on any atom is -0.322 e. The number of carbonyl (C=O) groups excluding carboxylic acids is 1. The molecule has 122 valence electrons. The first-order chi connectivity index (χ1) is 10.1. The van der Waals surface area contributed by atoms with Gasteiger partial charge in [0.2, 0.25) is 0 Å². The quantitative estimate of drug-likeness (QED) is 0.908. The Morgan fingerprint density at radius 2 is 1.82 bits per heavy atom. The maximum Gasteiger partial charge on any atom is 0.322 e. The molecule has 1 fully saturated rings. The van der Waals surface area contributed by atoms with Crippen molar-refractivity contribution in [1.82, 2.24) is 4.90 Å². The molecule has 6 heteroatoms. The van der Waals surface area contributed by atoms with Crippen molar-refractivity contribution in [2.24, 2.45) is 0 Å². The Hall–Kier alpha value is -1.56. The summed E-state index contributed by atoms with van der Waals surface area (Å²) in [6, 6.07) is 6.49. The number of hydrogen-bond donors (Lipinski definition) is 1. The molecule has 1 atom stereocenters. The van der Waals surface area contributed by atoms with Gasteiger partial charge in [-0.05, 0) is 64.8 Å². The van der Waals surface area contributed by atoms with Gasteiger partial charge >= 0.3 is 6.03 Å². The summed E-state index contributed by atoms with van der Waals surface area (Å²) in [7, 11) is -3.37. The van der Waals surface area contributed by atoms with Crippen molar-refractivity contribution in [3.8, 4) is 0 Å². The highest BCUT2D eigenvalue weighted by molar-refractivity contribution is 7.92. The van der Waals surface area contributed by atoms with Crippen molar-refractivity contribution < 1.29 is 13.2 Å². The molecule has 0 radical (unpaired) electrons. The number of carbonyl (C=O) groups is 1. The molecular weight excluding hydrogens is 300 g/mol. The molecule has 2 amide bonds. The molecule has 22 heavy (non-hydrogen) atoms. The number of amides is 2. The van der Waals surface area contributed by atoms with Gasteiger partial charge in [0.25, 0.3) is 0 Å². The molecule has 5 nitrogen and oxygen atoms in total. The highest BCUT2D eigenvalue weighted by Crippen LogP contribution is 2.26. The van der Waals surface area contributed by atoms with Gasteiger partial charge in [0, 0.05) is 18.3 Å². The Kier molecular flexibility index (Phi) is 4.52. The molecule has 0 aliphatic carbocycles. The topological polar surface area (TPSA) is 66.5 Å². The molecule has 0 saturated carbocycles. The smallest absolute Gasteiger partial charge is 0.322 e. The minimum absolute atomic E-state index is 0.128. The Labute approximate surface area is 132 Å². The van der Waals surface area contributed by atoms with Crippen molar-refractivity contribution >= 4 is 21.6 Å². The molecular formula is C16H24N2O3S. The highest BCUT2D eigenvalue weighted by atomic mass is 32.2. The predicted molar refractivity (Wildman–Crippen MR) is 87.8 cm³/mol. The molecule has 1 heterocycles. The SMILES string of the molecule is C[C@H]1CCCN1C(=O)Nc1ccc(S(=O)(=O)C(C)(C)C)cc1. The fourth-order valence-corrected chi connectivity index (χ4v) is 3.70. The summed E-state index contributed by atoms with van der Waals surface area (Å²) in [4.78, 5) is 14.2. The van der Waals surface area contributed by atoms with Crippen LogP contribution in [0, 0.1) is 0 Å². The van der Waals surface area contributed by atoms with Crippen LogP contribution in [0.1, 0.15) is 40.5 Å². The van der Waals surface area contributed by atoms with Gasteiger partial charge in [-0.25, -0.2) is 13.2 Å². The summed E-state index contributed by atoms with van der Waals surface area (Å²) in [5.74, 6) is 0. The summed E-state index contributed by atoms with van der Waals surface area (Å²) in [6.45, 7) is 7.82. The number of benzene rings is 1. The second-order valence-corrected chi connectivity index (χ2v) is 9.46. The summed E-state index contributed by atoms with van der Waals surface area (Å²) in [6.07, 6.45) is 2.05. The number of sulfone groups is 1. The van der Waals surface area contributed by atoms with Crippen LogP contribution in [0.2, 0.25) is 0 Å². The monoisotopic (exact) mass is 324 g/mol. The Balaban J connectivity index is 2.11. The molecule has 1 aliphatic rings. The van der Waals surface area contributed by atoms with Gasteiger partial charge in [0.1, 0.15) is 0 Å². The molecule has 1 N–H and O–H groups in total. The van der Waals surface area contributed by atoms with Gasteiger partial charge in [0.15, 0.2) is 9.84 Å². The van der Waals surface area contributed by atoms with E-state index in [1.165, 1.54) is 0 Å². The zero-order valence-corrected chi connectivity index (χ0v) is 14.4. The number of rotatable bonds is 2. The fraction of sp³-hybridized carbons (Fsp3) is 0.562. The van der Waals surface area contributed by atoms with Gasteiger partial charge in [-0.3, -0.25) is 0 Å². The Morgan fingerprint density at radius 3 is 2.27 bits per heavy atom. The lowest BCUT2D eigenvalue weighted by Gasteiger charge is -2.22. The van der Waals surface area contributed by atoms with Crippen LogP contribution < -0.4 is 5.32 Å². The zero-order chi connectivity index (χ0) is 16.5. The standard InChI is InChI=1S/C16H24N2O3S/c1-12-6-5-11-18(12)15(19)17-13-7-9-14(10-8-13)22(20,21)16(2,3)4/h7-10,12H,5-6,11H2,1-4H3,(H,17,19)/t12-/m0/s1. The first kappa shape index (κ1) is 16.8. The van der Waals surface area contributed by atoms with E-state index in [2.05, 4.69) is 5.32 Å². The Morgan fingerprint density at radius 1 is 1.23 bits per heavy atom. The van der Waals surface area contributed by atoms with Crippen LogP contribution in [-0.4, -0.2) is 36.7 Å². The number of nitrogens with zero attached hydrogens (tertiary/aromatic N) is 1. The van der Waals surface area contributed by atoms with E-state index in [1.54, 1.807) is 49.9 Å². The number of nitrogens with one attached hydrogen (secondary N) is 1. The van der Waals surface area contributed by atoms with Crippen molar-refractivity contribution in [2.45, 2.75) is 56.2 Å². The van der Waals surface area contributed by atoms with E-state index in [9.17, 15) is 13.2 Å². The molecule has 0 bridgehead atoms. The highest BCUT2D eigenvalue weighted by Gasteiger charge is 2.31. The molecule has 0 unspecified atom stereocenters. The third-order valence-corrected chi connectivity index (χ3v) is 6.54. The molecule has 2 rings (SSSR count). The second kappa shape index (κ2) is 5.91. The van der Waals surface area contributed by atoms with Gasteiger partial charge in [0.05, 0.1) is 9.64 Å². The first-order valence-corrected chi connectivity index (χ1v) is 9.03. The first-order valence-electron chi connectivity index (χ1n) is 7.55. The normalized spacial score (nSPS) is 19.3. The van der Waals surface area contributed by atoms with E-state index in [0.717, 1.165) is 19.4 Å². The lowest BCUT2D eigenvalue weighted by Crippen LogP contribution is -2.37. The molecule has 1 saturated heterocycles. The van der Waals surface area contributed by atoms with Gasteiger partial charge in [-0.1, -0.05) is 0 Å². The van der Waals surface area contributed by atoms with E-state index >= 15 is 0 Å². The maximum atomic E-state index is 12.3. The molecule has 1 aromatic rings. The number of hydrogen-bond acceptors (Lipinski definition) is 3. The van der Waals surface area contributed by atoms with Crippen LogP contribution in [0.3, 0.4) is 0 Å². The molecule has 1 aliphatic heterocycles. The zero-order valence-electron chi connectivity index (χ0n) is 13.6. The number of likely N-dealkylation sites (tertiary alicyclic amines) is 1.